The van der Waals surface area contributed by atoms with Crippen molar-refractivity contribution in [1.82, 2.24) is 10.2 Å². The van der Waals surface area contributed by atoms with E-state index in [1.165, 1.54) is 0 Å². The van der Waals surface area contributed by atoms with Gasteiger partial charge in [-0.25, -0.2) is 0 Å². The van der Waals surface area contributed by atoms with E-state index < -0.39 is 0 Å². The molecule has 0 bridgehead atoms. The van der Waals surface area contributed by atoms with Gasteiger partial charge in [0.25, 0.3) is 0 Å². The van der Waals surface area contributed by atoms with E-state index in [-0.39, 0.29) is 11.8 Å². The fraction of sp³-hybridized carbons (Fsp3) is 0.500. The van der Waals surface area contributed by atoms with E-state index in [0.717, 1.165) is 32.6 Å². The predicted octanol–water partition coefficient (Wildman–Crippen LogP) is 2.86. The van der Waals surface area contributed by atoms with Crippen molar-refractivity contribution in [3.8, 4) is 0 Å². The van der Waals surface area contributed by atoms with Crippen molar-refractivity contribution in [2.45, 2.75) is 19.4 Å². The molecule has 0 amide bonds. The Bertz CT molecular complexity index is 457. The van der Waals surface area contributed by atoms with E-state index in [1.54, 1.807) is 18.2 Å². The maximum atomic E-state index is 12.5. The van der Waals surface area contributed by atoms with Gasteiger partial charge in [0.1, 0.15) is 0 Å². The van der Waals surface area contributed by atoms with Gasteiger partial charge in [-0.15, -0.1) is 0 Å². The van der Waals surface area contributed by atoms with Crippen molar-refractivity contribution >= 4 is 29.0 Å². The second-order valence-corrected chi connectivity index (χ2v) is 5.65. The van der Waals surface area contributed by atoms with E-state index in [1.807, 2.05) is 6.92 Å². The Morgan fingerprint density at radius 1 is 1.32 bits per heavy atom. The minimum atomic E-state index is -0.154. The van der Waals surface area contributed by atoms with E-state index in [9.17, 15) is 4.79 Å². The molecule has 3 nitrogen and oxygen atoms in total. The monoisotopic (exact) mass is 300 g/mol. The standard InChI is InChI=1S/C14H18Cl2N2O/c1-10(18-7-2-5-17-6-8-18)14(19)12-4-3-11(15)9-13(12)16/h3-4,9-10,17H,2,5-8H2,1H3. The van der Waals surface area contributed by atoms with Crippen LogP contribution < -0.4 is 5.32 Å². The summed E-state index contributed by atoms with van der Waals surface area (Å²) in [6.45, 7) is 5.70. The van der Waals surface area contributed by atoms with Crippen LogP contribution in [-0.4, -0.2) is 42.9 Å². The molecule has 1 aromatic carbocycles. The number of hydrogen-bond acceptors (Lipinski definition) is 3. The molecule has 1 atom stereocenters. The third kappa shape index (κ3) is 3.69. The number of rotatable bonds is 3. The second kappa shape index (κ2) is 6.71. The molecule has 1 aliphatic heterocycles. The third-order valence-electron chi connectivity index (χ3n) is 3.50. The lowest BCUT2D eigenvalue weighted by Crippen LogP contribution is -2.41. The molecular formula is C14H18Cl2N2O. The molecule has 5 heteroatoms. The summed E-state index contributed by atoms with van der Waals surface area (Å²) >= 11 is 12.0. The molecular weight excluding hydrogens is 283 g/mol. The fourth-order valence-electron chi connectivity index (χ4n) is 2.33. The average Bonchev–Trinajstić information content (AvgIpc) is 2.66. The SMILES string of the molecule is CC(C(=O)c1ccc(Cl)cc1Cl)N1CCCNCC1. The Labute approximate surface area is 123 Å². The third-order valence-corrected chi connectivity index (χ3v) is 4.05. The van der Waals surface area contributed by atoms with Crippen molar-refractivity contribution in [3.05, 3.63) is 33.8 Å². The van der Waals surface area contributed by atoms with Gasteiger partial charge in [-0.05, 0) is 38.1 Å². The van der Waals surface area contributed by atoms with Crippen LogP contribution in [0.5, 0.6) is 0 Å². The number of carbonyl (C=O) groups excluding carboxylic acids is 1. The number of nitrogens with one attached hydrogen (secondary N) is 1. The highest BCUT2D eigenvalue weighted by molar-refractivity contribution is 6.37. The highest BCUT2D eigenvalue weighted by Crippen LogP contribution is 2.23. The summed E-state index contributed by atoms with van der Waals surface area (Å²) in [5.41, 5.74) is 0.552. The summed E-state index contributed by atoms with van der Waals surface area (Å²) in [7, 11) is 0. The largest absolute Gasteiger partial charge is 0.315 e. The van der Waals surface area contributed by atoms with Crippen LogP contribution in [0.2, 0.25) is 10.0 Å². The van der Waals surface area contributed by atoms with Crippen molar-refractivity contribution in [1.29, 1.82) is 0 Å². The molecule has 0 aliphatic carbocycles. The van der Waals surface area contributed by atoms with Gasteiger partial charge in [-0.2, -0.15) is 0 Å². The molecule has 0 spiro atoms. The molecule has 1 fully saturated rings. The summed E-state index contributed by atoms with van der Waals surface area (Å²) in [6, 6.07) is 4.88. The Morgan fingerprint density at radius 3 is 2.84 bits per heavy atom. The van der Waals surface area contributed by atoms with E-state index in [0.29, 0.717) is 15.6 Å². The van der Waals surface area contributed by atoms with Gasteiger partial charge in [-0.1, -0.05) is 23.2 Å². The smallest absolute Gasteiger partial charge is 0.181 e. The number of Topliss-reactive ketones (excluding diaryl/α,β-unsaturated/α-hetero) is 1. The van der Waals surface area contributed by atoms with E-state index >= 15 is 0 Å². The highest BCUT2D eigenvalue weighted by Gasteiger charge is 2.24. The lowest BCUT2D eigenvalue weighted by Gasteiger charge is -2.26. The normalized spacial score (nSPS) is 18.9. The molecule has 1 unspecified atom stereocenters. The molecule has 1 saturated heterocycles. The molecule has 2 rings (SSSR count). The van der Waals surface area contributed by atoms with Crippen LogP contribution in [0.4, 0.5) is 0 Å². The molecule has 1 heterocycles. The van der Waals surface area contributed by atoms with Gasteiger partial charge in [-0.3, -0.25) is 9.69 Å². The maximum Gasteiger partial charge on any atom is 0.181 e. The maximum absolute atomic E-state index is 12.5. The van der Waals surface area contributed by atoms with Crippen molar-refractivity contribution in [2.24, 2.45) is 0 Å². The Kier molecular flexibility index (Phi) is 5.22. The Hall–Kier alpha value is -0.610. The van der Waals surface area contributed by atoms with Gasteiger partial charge in [0.15, 0.2) is 5.78 Å². The number of nitrogens with zero attached hydrogens (tertiary/aromatic N) is 1. The van der Waals surface area contributed by atoms with E-state index in [2.05, 4.69) is 10.2 Å². The van der Waals surface area contributed by atoms with Gasteiger partial charge < -0.3 is 5.32 Å². The summed E-state index contributed by atoms with van der Waals surface area (Å²) in [4.78, 5) is 14.7. The first kappa shape index (κ1) is 14.8. The number of carbonyl (C=O) groups is 1. The number of benzene rings is 1. The molecule has 0 radical (unpaired) electrons. The number of hydrogen-bond donors (Lipinski definition) is 1. The van der Waals surface area contributed by atoms with Gasteiger partial charge in [0, 0.05) is 30.2 Å². The van der Waals surface area contributed by atoms with Gasteiger partial charge in [0.05, 0.1) is 11.1 Å². The quantitative estimate of drug-likeness (QED) is 0.871. The van der Waals surface area contributed by atoms with Crippen LogP contribution in [0.15, 0.2) is 18.2 Å². The lowest BCUT2D eigenvalue weighted by molar-refractivity contribution is 0.0847. The Balaban J connectivity index is 2.13. The van der Waals surface area contributed by atoms with Gasteiger partial charge in [0.2, 0.25) is 0 Å². The minimum absolute atomic E-state index is 0.0589. The van der Waals surface area contributed by atoms with Crippen LogP contribution in [-0.2, 0) is 0 Å². The molecule has 104 valence electrons. The molecule has 0 saturated carbocycles. The molecule has 19 heavy (non-hydrogen) atoms. The Morgan fingerprint density at radius 2 is 2.11 bits per heavy atom. The van der Waals surface area contributed by atoms with E-state index in [4.69, 9.17) is 23.2 Å². The zero-order valence-electron chi connectivity index (χ0n) is 11.0. The predicted molar refractivity (Wildman–Crippen MR) is 79.3 cm³/mol. The first-order valence-electron chi connectivity index (χ1n) is 6.53. The lowest BCUT2D eigenvalue weighted by atomic mass is 10.0. The van der Waals surface area contributed by atoms with Crippen molar-refractivity contribution in [2.75, 3.05) is 26.2 Å². The minimum Gasteiger partial charge on any atom is -0.315 e. The fourth-order valence-corrected chi connectivity index (χ4v) is 2.84. The first-order chi connectivity index (χ1) is 9.09. The highest BCUT2D eigenvalue weighted by atomic mass is 35.5. The van der Waals surface area contributed by atoms with Crippen molar-refractivity contribution in [3.63, 3.8) is 0 Å². The molecule has 1 aliphatic rings. The van der Waals surface area contributed by atoms with Crippen molar-refractivity contribution < 1.29 is 4.79 Å². The topological polar surface area (TPSA) is 32.3 Å². The number of ketones is 1. The van der Waals surface area contributed by atoms with Gasteiger partial charge >= 0.3 is 0 Å². The van der Waals surface area contributed by atoms with Crippen LogP contribution in [0.3, 0.4) is 0 Å². The first-order valence-corrected chi connectivity index (χ1v) is 7.29. The number of halogens is 2. The summed E-state index contributed by atoms with van der Waals surface area (Å²) < 4.78 is 0. The zero-order chi connectivity index (χ0) is 13.8. The summed E-state index contributed by atoms with van der Waals surface area (Å²) in [5.74, 6) is 0.0589. The summed E-state index contributed by atoms with van der Waals surface area (Å²) in [6.07, 6.45) is 1.06. The van der Waals surface area contributed by atoms with Crippen LogP contribution in [0, 0.1) is 0 Å². The summed E-state index contributed by atoms with van der Waals surface area (Å²) in [5, 5.41) is 4.31. The second-order valence-electron chi connectivity index (χ2n) is 4.80. The van der Waals surface area contributed by atoms with Crippen LogP contribution in [0.1, 0.15) is 23.7 Å². The molecule has 0 aromatic heterocycles. The van der Waals surface area contributed by atoms with Crippen LogP contribution >= 0.6 is 23.2 Å². The average molecular weight is 301 g/mol. The van der Waals surface area contributed by atoms with Crippen LogP contribution in [0.25, 0.3) is 0 Å². The molecule has 1 aromatic rings. The molecule has 1 N–H and O–H groups in total. The zero-order valence-corrected chi connectivity index (χ0v) is 12.5.